The first-order valence-electron chi connectivity index (χ1n) is 6.89. The first kappa shape index (κ1) is 15.4. The number of fused-ring (bicyclic) bond motifs is 1. The van der Waals surface area contributed by atoms with Crippen molar-refractivity contribution < 1.29 is 14.6 Å². The summed E-state index contributed by atoms with van der Waals surface area (Å²) in [6.07, 6.45) is 2.26. The van der Waals surface area contributed by atoms with Gasteiger partial charge in [0.15, 0.2) is 5.65 Å². The molecule has 0 aliphatic heterocycles. The SMILES string of the molecule is Cc1nn(C)c2ncc(C(=O)NCCCOCCO)cc12. The monoisotopic (exact) mass is 292 g/mol. The maximum atomic E-state index is 12.0. The molecule has 0 aromatic carbocycles. The number of amides is 1. The second-order valence-corrected chi connectivity index (χ2v) is 4.75. The number of hydrogen-bond acceptors (Lipinski definition) is 5. The molecule has 0 spiro atoms. The minimum atomic E-state index is -0.158. The Bertz CT molecular complexity index is 624. The lowest BCUT2D eigenvalue weighted by Crippen LogP contribution is -2.25. The van der Waals surface area contributed by atoms with Crippen molar-refractivity contribution in [3.63, 3.8) is 0 Å². The fourth-order valence-corrected chi connectivity index (χ4v) is 2.08. The molecule has 0 unspecified atom stereocenters. The van der Waals surface area contributed by atoms with Crippen LogP contribution in [0.3, 0.4) is 0 Å². The van der Waals surface area contributed by atoms with Crippen LogP contribution in [-0.2, 0) is 11.8 Å². The van der Waals surface area contributed by atoms with E-state index in [0.717, 1.165) is 16.7 Å². The summed E-state index contributed by atoms with van der Waals surface area (Å²) in [6.45, 7) is 3.27. The molecule has 114 valence electrons. The Morgan fingerprint density at radius 3 is 3.05 bits per heavy atom. The van der Waals surface area contributed by atoms with Crippen molar-refractivity contribution in [2.24, 2.45) is 7.05 Å². The molecule has 0 aliphatic rings. The first-order valence-corrected chi connectivity index (χ1v) is 6.89. The molecule has 2 heterocycles. The van der Waals surface area contributed by atoms with Gasteiger partial charge in [0.05, 0.1) is 24.5 Å². The van der Waals surface area contributed by atoms with Crippen LogP contribution in [0.5, 0.6) is 0 Å². The second-order valence-electron chi connectivity index (χ2n) is 4.75. The van der Waals surface area contributed by atoms with Gasteiger partial charge in [-0.1, -0.05) is 0 Å². The van der Waals surface area contributed by atoms with Gasteiger partial charge in [0.2, 0.25) is 0 Å². The smallest absolute Gasteiger partial charge is 0.252 e. The Kier molecular flexibility index (Phi) is 5.24. The highest BCUT2D eigenvalue weighted by molar-refractivity contribution is 5.97. The van der Waals surface area contributed by atoms with Gasteiger partial charge in [0.1, 0.15) is 0 Å². The first-order chi connectivity index (χ1) is 10.1. The van der Waals surface area contributed by atoms with E-state index < -0.39 is 0 Å². The Balaban J connectivity index is 1.92. The van der Waals surface area contributed by atoms with Crippen molar-refractivity contribution in [2.45, 2.75) is 13.3 Å². The Morgan fingerprint density at radius 1 is 1.48 bits per heavy atom. The van der Waals surface area contributed by atoms with Crippen LogP contribution in [0.1, 0.15) is 22.5 Å². The number of nitrogens with zero attached hydrogens (tertiary/aromatic N) is 3. The number of aryl methyl sites for hydroxylation is 2. The summed E-state index contributed by atoms with van der Waals surface area (Å²) < 4.78 is 6.82. The number of ether oxygens (including phenoxy) is 1. The van der Waals surface area contributed by atoms with E-state index in [0.29, 0.717) is 31.7 Å². The van der Waals surface area contributed by atoms with E-state index in [4.69, 9.17) is 9.84 Å². The van der Waals surface area contributed by atoms with Crippen molar-refractivity contribution in [1.82, 2.24) is 20.1 Å². The average molecular weight is 292 g/mol. The van der Waals surface area contributed by atoms with Crippen molar-refractivity contribution >= 4 is 16.9 Å². The van der Waals surface area contributed by atoms with Gasteiger partial charge in [-0.3, -0.25) is 9.48 Å². The van der Waals surface area contributed by atoms with Gasteiger partial charge < -0.3 is 15.2 Å². The summed E-state index contributed by atoms with van der Waals surface area (Å²) in [7, 11) is 1.83. The van der Waals surface area contributed by atoms with E-state index in [1.54, 1.807) is 10.9 Å². The molecule has 2 aromatic heterocycles. The van der Waals surface area contributed by atoms with Gasteiger partial charge in [-0.2, -0.15) is 5.10 Å². The largest absolute Gasteiger partial charge is 0.394 e. The van der Waals surface area contributed by atoms with Gasteiger partial charge in [-0.25, -0.2) is 4.98 Å². The third-order valence-electron chi connectivity index (χ3n) is 3.11. The summed E-state index contributed by atoms with van der Waals surface area (Å²) in [5.74, 6) is -0.158. The molecule has 0 saturated carbocycles. The summed E-state index contributed by atoms with van der Waals surface area (Å²) >= 11 is 0. The summed E-state index contributed by atoms with van der Waals surface area (Å²) in [5, 5.41) is 16.5. The highest BCUT2D eigenvalue weighted by atomic mass is 16.5. The number of hydrogen-bond donors (Lipinski definition) is 2. The number of aliphatic hydroxyl groups excluding tert-OH is 1. The number of pyridine rings is 1. The Labute approximate surface area is 122 Å². The summed E-state index contributed by atoms with van der Waals surface area (Å²) in [6, 6.07) is 1.81. The fourth-order valence-electron chi connectivity index (χ4n) is 2.08. The van der Waals surface area contributed by atoms with Crippen LogP contribution in [0.25, 0.3) is 11.0 Å². The minimum absolute atomic E-state index is 0.0164. The van der Waals surface area contributed by atoms with Gasteiger partial charge in [0.25, 0.3) is 5.91 Å². The molecule has 2 N–H and O–H groups in total. The van der Waals surface area contributed by atoms with Crippen molar-refractivity contribution in [2.75, 3.05) is 26.4 Å². The van der Waals surface area contributed by atoms with Crippen molar-refractivity contribution in [3.05, 3.63) is 23.5 Å². The number of carbonyl (C=O) groups excluding carboxylic acids is 1. The Hall–Kier alpha value is -1.99. The number of carbonyl (C=O) groups is 1. The molecule has 2 aromatic rings. The van der Waals surface area contributed by atoms with Crippen LogP contribution in [-0.4, -0.2) is 52.1 Å². The van der Waals surface area contributed by atoms with Gasteiger partial charge in [-0.05, 0) is 19.4 Å². The van der Waals surface area contributed by atoms with Gasteiger partial charge in [0, 0.05) is 31.8 Å². The molecule has 0 atom stereocenters. The number of rotatable bonds is 7. The normalized spacial score (nSPS) is 11.0. The van der Waals surface area contributed by atoms with E-state index in [2.05, 4.69) is 15.4 Å². The van der Waals surface area contributed by atoms with Gasteiger partial charge in [-0.15, -0.1) is 0 Å². The molecular weight excluding hydrogens is 272 g/mol. The van der Waals surface area contributed by atoms with E-state index in [9.17, 15) is 4.79 Å². The zero-order chi connectivity index (χ0) is 15.2. The van der Waals surface area contributed by atoms with Crippen LogP contribution < -0.4 is 5.32 Å². The van der Waals surface area contributed by atoms with Crippen LogP contribution in [0.4, 0.5) is 0 Å². The van der Waals surface area contributed by atoms with Gasteiger partial charge >= 0.3 is 0 Å². The predicted octanol–water partition coefficient (Wildman–Crippen LogP) is 0.406. The zero-order valence-corrected chi connectivity index (χ0v) is 12.3. The zero-order valence-electron chi connectivity index (χ0n) is 12.3. The average Bonchev–Trinajstić information content (AvgIpc) is 2.77. The summed E-state index contributed by atoms with van der Waals surface area (Å²) in [4.78, 5) is 16.3. The molecule has 0 fully saturated rings. The third-order valence-corrected chi connectivity index (χ3v) is 3.11. The minimum Gasteiger partial charge on any atom is -0.394 e. The molecule has 0 bridgehead atoms. The highest BCUT2D eigenvalue weighted by Gasteiger charge is 2.11. The molecule has 0 aliphatic carbocycles. The fraction of sp³-hybridized carbons (Fsp3) is 0.500. The van der Waals surface area contributed by atoms with E-state index in [-0.39, 0.29) is 12.5 Å². The molecule has 0 saturated heterocycles. The standard InChI is InChI=1S/C14H20N4O3/c1-10-12-8-11(9-16-13(12)18(2)17-10)14(20)15-4-3-6-21-7-5-19/h8-9,19H,3-7H2,1-2H3,(H,15,20). The number of nitrogens with one attached hydrogen (secondary N) is 1. The maximum absolute atomic E-state index is 12.0. The van der Waals surface area contributed by atoms with E-state index in [1.165, 1.54) is 0 Å². The molecule has 7 heteroatoms. The number of aliphatic hydroxyl groups is 1. The third kappa shape index (κ3) is 3.77. The molecule has 7 nitrogen and oxygen atoms in total. The van der Waals surface area contributed by atoms with Crippen LogP contribution in [0.2, 0.25) is 0 Å². The van der Waals surface area contributed by atoms with Crippen molar-refractivity contribution in [3.8, 4) is 0 Å². The lowest BCUT2D eigenvalue weighted by atomic mass is 10.2. The topological polar surface area (TPSA) is 89.3 Å². The van der Waals surface area contributed by atoms with Crippen LogP contribution >= 0.6 is 0 Å². The predicted molar refractivity (Wildman–Crippen MR) is 78.1 cm³/mol. The molecule has 2 rings (SSSR count). The van der Waals surface area contributed by atoms with Crippen LogP contribution in [0, 0.1) is 6.92 Å². The van der Waals surface area contributed by atoms with E-state index in [1.807, 2.05) is 20.0 Å². The van der Waals surface area contributed by atoms with E-state index >= 15 is 0 Å². The lowest BCUT2D eigenvalue weighted by molar-refractivity contribution is 0.0867. The highest BCUT2D eigenvalue weighted by Crippen LogP contribution is 2.16. The molecule has 21 heavy (non-hydrogen) atoms. The molecule has 1 amide bonds. The lowest BCUT2D eigenvalue weighted by Gasteiger charge is -2.05. The summed E-state index contributed by atoms with van der Waals surface area (Å²) in [5.41, 5.74) is 2.14. The Morgan fingerprint density at radius 2 is 2.29 bits per heavy atom. The molecule has 0 radical (unpaired) electrons. The quantitative estimate of drug-likeness (QED) is 0.721. The second kappa shape index (κ2) is 7.14. The van der Waals surface area contributed by atoms with Crippen molar-refractivity contribution in [1.29, 1.82) is 0 Å². The number of aromatic nitrogens is 3. The van der Waals surface area contributed by atoms with Crippen LogP contribution in [0.15, 0.2) is 12.3 Å². The maximum Gasteiger partial charge on any atom is 0.252 e. The molecular formula is C14H20N4O3.